The van der Waals surface area contributed by atoms with Crippen LogP contribution >= 0.6 is 11.3 Å². The van der Waals surface area contributed by atoms with Crippen LogP contribution in [0.5, 0.6) is 5.75 Å². The van der Waals surface area contributed by atoms with Gasteiger partial charge in [0.15, 0.2) is 0 Å². The number of hydrogen-bond donors (Lipinski definition) is 3. The number of carbonyl (C=O) groups is 1. The molecule has 0 unspecified atom stereocenters. The van der Waals surface area contributed by atoms with E-state index in [4.69, 9.17) is 10.2 Å². The molecule has 0 saturated carbocycles. The third-order valence-corrected chi connectivity index (χ3v) is 3.51. The van der Waals surface area contributed by atoms with Crippen molar-refractivity contribution in [2.75, 3.05) is 6.61 Å². The van der Waals surface area contributed by atoms with Gasteiger partial charge in [-0.05, 0) is 36.4 Å². The molecule has 1 amide bonds. The molecule has 2 rings (SSSR count). The second kappa shape index (κ2) is 6.75. The second-order valence-electron chi connectivity index (χ2n) is 3.96. The van der Waals surface area contributed by atoms with Crippen molar-refractivity contribution >= 4 is 17.2 Å². The van der Waals surface area contributed by atoms with Crippen LogP contribution in [-0.2, 0) is 6.54 Å². The van der Waals surface area contributed by atoms with Crippen molar-refractivity contribution in [1.82, 2.24) is 5.32 Å². The number of hydrogen-bond acceptors (Lipinski definition) is 4. The summed E-state index contributed by atoms with van der Waals surface area (Å²) >= 11 is 1.47. The molecule has 2 aromatic rings. The van der Waals surface area contributed by atoms with Gasteiger partial charge in [0.1, 0.15) is 12.4 Å². The van der Waals surface area contributed by atoms with Crippen molar-refractivity contribution < 1.29 is 15.0 Å². The molecular weight excluding hydrogens is 274 g/mol. The predicted octanol–water partition coefficient (Wildman–Crippen LogP) is 1.73. The van der Waals surface area contributed by atoms with Gasteiger partial charge < -0.3 is 15.5 Å². The molecule has 1 heterocycles. The van der Waals surface area contributed by atoms with E-state index < -0.39 is 0 Å². The molecule has 0 radical (unpaired) electrons. The summed E-state index contributed by atoms with van der Waals surface area (Å²) < 4.78 is 0. The molecule has 5 heteroatoms. The first kappa shape index (κ1) is 14.1. The minimum absolute atomic E-state index is 0.131. The van der Waals surface area contributed by atoms with Gasteiger partial charge in [0.25, 0.3) is 5.91 Å². The number of phenols is 1. The Balaban J connectivity index is 1.93. The van der Waals surface area contributed by atoms with Crippen molar-refractivity contribution in [2.24, 2.45) is 0 Å². The highest BCUT2D eigenvalue weighted by atomic mass is 32.1. The van der Waals surface area contributed by atoms with E-state index in [0.29, 0.717) is 12.1 Å². The molecule has 0 fully saturated rings. The topological polar surface area (TPSA) is 69.6 Å². The Labute approximate surface area is 120 Å². The fraction of sp³-hybridized carbons (Fsp3) is 0.133. The maximum Gasteiger partial charge on any atom is 0.251 e. The summed E-state index contributed by atoms with van der Waals surface area (Å²) in [6, 6.07) is 9.83. The average Bonchev–Trinajstić information content (AvgIpc) is 2.91. The first-order chi connectivity index (χ1) is 9.69. The van der Waals surface area contributed by atoms with E-state index in [-0.39, 0.29) is 18.3 Å². The Morgan fingerprint density at radius 2 is 1.95 bits per heavy atom. The number of thiophene rings is 1. The van der Waals surface area contributed by atoms with Gasteiger partial charge in [0, 0.05) is 10.4 Å². The van der Waals surface area contributed by atoms with Crippen LogP contribution in [0.2, 0.25) is 0 Å². The van der Waals surface area contributed by atoms with Crippen LogP contribution in [0, 0.1) is 11.8 Å². The van der Waals surface area contributed by atoms with E-state index in [1.54, 1.807) is 12.1 Å². The van der Waals surface area contributed by atoms with Gasteiger partial charge in [-0.15, -0.1) is 11.3 Å². The van der Waals surface area contributed by atoms with Crippen LogP contribution in [-0.4, -0.2) is 22.7 Å². The molecule has 0 aliphatic carbocycles. The quantitative estimate of drug-likeness (QED) is 0.753. The standard InChI is InChI=1S/C15H13NO3S/c17-9-1-2-13-7-8-14(20-13)10-16-15(19)11-3-5-12(18)6-4-11/h3-8,17-18H,9-10H2,(H,16,19). The van der Waals surface area contributed by atoms with E-state index in [1.165, 1.54) is 23.5 Å². The van der Waals surface area contributed by atoms with Crippen molar-refractivity contribution in [3.8, 4) is 17.6 Å². The largest absolute Gasteiger partial charge is 0.508 e. The molecule has 0 aliphatic rings. The van der Waals surface area contributed by atoms with Gasteiger partial charge in [-0.25, -0.2) is 0 Å². The SMILES string of the molecule is O=C(NCc1ccc(C#CCO)s1)c1ccc(O)cc1. The summed E-state index contributed by atoms with van der Waals surface area (Å²) in [5.74, 6) is 5.34. The number of rotatable bonds is 3. The van der Waals surface area contributed by atoms with Crippen molar-refractivity contribution in [3.05, 3.63) is 51.7 Å². The summed E-state index contributed by atoms with van der Waals surface area (Å²) in [7, 11) is 0. The summed E-state index contributed by atoms with van der Waals surface area (Å²) in [5.41, 5.74) is 0.500. The van der Waals surface area contributed by atoms with Crippen LogP contribution in [0.25, 0.3) is 0 Å². The predicted molar refractivity (Wildman–Crippen MR) is 77.6 cm³/mol. The first-order valence-electron chi connectivity index (χ1n) is 5.94. The number of aromatic hydroxyl groups is 1. The van der Waals surface area contributed by atoms with E-state index >= 15 is 0 Å². The van der Waals surface area contributed by atoms with Gasteiger partial charge in [-0.2, -0.15) is 0 Å². The van der Waals surface area contributed by atoms with E-state index in [1.807, 2.05) is 12.1 Å². The van der Waals surface area contributed by atoms with Crippen molar-refractivity contribution in [1.29, 1.82) is 0 Å². The maximum absolute atomic E-state index is 11.9. The number of benzene rings is 1. The van der Waals surface area contributed by atoms with E-state index in [2.05, 4.69) is 17.2 Å². The molecule has 3 N–H and O–H groups in total. The number of aliphatic hydroxyl groups is 1. The third kappa shape index (κ3) is 3.85. The van der Waals surface area contributed by atoms with Crippen molar-refractivity contribution in [3.63, 3.8) is 0 Å². The molecule has 0 spiro atoms. The molecule has 0 aliphatic heterocycles. The highest BCUT2D eigenvalue weighted by molar-refractivity contribution is 7.12. The Morgan fingerprint density at radius 3 is 2.65 bits per heavy atom. The zero-order valence-electron chi connectivity index (χ0n) is 10.6. The summed E-state index contributed by atoms with van der Waals surface area (Å²) in [4.78, 5) is 13.7. The molecule has 1 aromatic carbocycles. The molecule has 20 heavy (non-hydrogen) atoms. The lowest BCUT2D eigenvalue weighted by molar-refractivity contribution is 0.0951. The smallest absolute Gasteiger partial charge is 0.251 e. The van der Waals surface area contributed by atoms with Crippen molar-refractivity contribution in [2.45, 2.75) is 6.54 Å². The second-order valence-corrected chi connectivity index (χ2v) is 5.12. The Bertz CT molecular complexity index is 650. The van der Waals surface area contributed by atoms with Gasteiger partial charge in [-0.1, -0.05) is 11.8 Å². The molecule has 0 saturated heterocycles. The molecule has 1 aromatic heterocycles. The average molecular weight is 287 g/mol. The summed E-state index contributed by atoms with van der Waals surface area (Å²) in [6.45, 7) is 0.260. The zero-order chi connectivity index (χ0) is 14.4. The molecule has 4 nitrogen and oxygen atoms in total. The van der Waals surface area contributed by atoms with Crippen LogP contribution < -0.4 is 5.32 Å². The minimum atomic E-state index is -0.193. The molecule has 102 valence electrons. The van der Waals surface area contributed by atoms with Gasteiger partial charge in [0.2, 0.25) is 0 Å². The van der Waals surface area contributed by atoms with Crippen LogP contribution in [0.4, 0.5) is 0 Å². The summed E-state index contributed by atoms with van der Waals surface area (Å²) in [5, 5.41) is 20.6. The lowest BCUT2D eigenvalue weighted by Gasteiger charge is -2.03. The highest BCUT2D eigenvalue weighted by Gasteiger charge is 2.06. The highest BCUT2D eigenvalue weighted by Crippen LogP contribution is 2.15. The fourth-order valence-corrected chi connectivity index (χ4v) is 2.37. The van der Waals surface area contributed by atoms with Crippen LogP contribution in [0.3, 0.4) is 0 Å². The Kier molecular flexibility index (Phi) is 4.77. The maximum atomic E-state index is 11.9. The number of carbonyl (C=O) groups excluding carboxylic acids is 1. The molecular formula is C15H13NO3S. The number of phenolic OH excluding ortho intramolecular Hbond substituents is 1. The Morgan fingerprint density at radius 1 is 1.20 bits per heavy atom. The fourth-order valence-electron chi connectivity index (χ4n) is 1.55. The lowest BCUT2D eigenvalue weighted by Crippen LogP contribution is -2.22. The number of aliphatic hydroxyl groups excluding tert-OH is 1. The number of nitrogens with one attached hydrogen (secondary N) is 1. The van der Waals surface area contributed by atoms with Crippen LogP contribution in [0.1, 0.15) is 20.1 Å². The molecule has 0 atom stereocenters. The first-order valence-corrected chi connectivity index (χ1v) is 6.76. The van der Waals surface area contributed by atoms with Gasteiger partial charge >= 0.3 is 0 Å². The van der Waals surface area contributed by atoms with Crippen LogP contribution in [0.15, 0.2) is 36.4 Å². The third-order valence-electron chi connectivity index (χ3n) is 2.50. The Hall–Kier alpha value is -2.29. The van der Waals surface area contributed by atoms with E-state index in [9.17, 15) is 4.79 Å². The normalized spacial score (nSPS) is 9.65. The monoisotopic (exact) mass is 287 g/mol. The zero-order valence-corrected chi connectivity index (χ0v) is 11.4. The van der Waals surface area contributed by atoms with Gasteiger partial charge in [-0.3, -0.25) is 4.79 Å². The minimum Gasteiger partial charge on any atom is -0.508 e. The molecule has 0 bridgehead atoms. The lowest BCUT2D eigenvalue weighted by atomic mass is 10.2. The van der Waals surface area contributed by atoms with E-state index in [0.717, 1.165) is 9.75 Å². The van der Waals surface area contributed by atoms with Gasteiger partial charge in [0.05, 0.1) is 11.4 Å². The number of amides is 1. The summed E-state index contributed by atoms with van der Waals surface area (Å²) in [6.07, 6.45) is 0.